The molecule has 0 bridgehead atoms. The number of hydrogen-bond donors (Lipinski definition) is 2. The van der Waals surface area contributed by atoms with Crippen LogP contribution in [0, 0.1) is 0 Å². The van der Waals surface area contributed by atoms with Crippen LogP contribution in [0.1, 0.15) is 11.1 Å². The molecule has 114 valence electrons. The van der Waals surface area contributed by atoms with Crippen LogP contribution in [0.15, 0.2) is 59.7 Å². The number of para-hydroxylation sites is 1. The Labute approximate surface area is 130 Å². The van der Waals surface area contributed by atoms with Crippen LogP contribution in [0.2, 0.25) is 0 Å². The molecule has 0 radical (unpaired) electrons. The fourth-order valence-electron chi connectivity index (χ4n) is 1.71. The molecule has 3 nitrogen and oxygen atoms in total. The molecule has 2 aromatic carbocycles. The van der Waals surface area contributed by atoms with Crippen LogP contribution in [0.4, 0.5) is 18.9 Å². The van der Waals surface area contributed by atoms with Crippen LogP contribution < -0.4 is 10.7 Å². The van der Waals surface area contributed by atoms with Crippen LogP contribution in [0.3, 0.4) is 0 Å². The lowest BCUT2D eigenvalue weighted by atomic mass is 10.1. The summed E-state index contributed by atoms with van der Waals surface area (Å²) >= 11 is 5.00. The summed E-state index contributed by atoms with van der Waals surface area (Å²) in [5, 5.41) is 6.78. The van der Waals surface area contributed by atoms with Gasteiger partial charge in [-0.3, -0.25) is 5.43 Å². The van der Waals surface area contributed by atoms with E-state index >= 15 is 0 Å². The molecule has 0 aliphatic carbocycles. The van der Waals surface area contributed by atoms with Crippen molar-refractivity contribution in [2.45, 2.75) is 6.18 Å². The minimum atomic E-state index is -4.43. The SMILES string of the molecule is FC(F)(F)c1ccccc1C=NNC(=S)Nc1ccccc1. The van der Waals surface area contributed by atoms with Crippen molar-refractivity contribution >= 4 is 29.2 Å². The van der Waals surface area contributed by atoms with Gasteiger partial charge in [0.25, 0.3) is 0 Å². The van der Waals surface area contributed by atoms with E-state index in [1.807, 2.05) is 18.2 Å². The second-order valence-corrected chi connectivity index (χ2v) is 4.68. The highest BCUT2D eigenvalue weighted by Crippen LogP contribution is 2.30. The van der Waals surface area contributed by atoms with Crippen molar-refractivity contribution in [2.75, 3.05) is 5.32 Å². The Morgan fingerprint density at radius 1 is 1.00 bits per heavy atom. The minimum absolute atomic E-state index is 0.0370. The van der Waals surface area contributed by atoms with Crippen LogP contribution in [0.5, 0.6) is 0 Å². The molecule has 0 spiro atoms. The number of hydrogen-bond acceptors (Lipinski definition) is 2. The molecule has 0 saturated heterocycles. The van der Waals surface area contributed by atoms with E-state index in [9.17, 15) is 13.2 Å². The topological polar surface area (TPSA) is 36.4 Å². The number of hydrazone groups is 1. The molecule has 0 aliphatic rings. The monoisotopic (exact) mass is 323 g/mol. The summed E-state index contributed by atoms with van der Waals surface area (Å²) in [5.74, 6) is 0. The Balaban J connectivity index is 2.00. The number of nitrogens with one attached hydrogen (secondary N) is 2. The molecular weight excluding hydrogens is 311 g/mol. The molecule has 0 saturated carbocycles. The molecule has 2 N–H and O–H groups in total. The number of thiocarbonyl (C=S) groups is 1. The first-order chi connectivity index (χ1) is 10.5. The lowest BCUT2D eigenvalue weighted by molar-refractivity contribution is -0.137. The van der Waals surface area contributed by atoms with Crippen molar-refractivity contribution in [3.8, 4) is 0 Å². The van der Waals surface area contributed by atoms with Gasteiger partial charge in [-0.1, -0.05) is 36.4 Å². The molecule has 22 heavy (non-hydrogen) atoms. The molecule has 0 atom stereocenters. The van der Waals surface area contributed by atoms with E-state index in [0.717, 1.165) is 18.0 Å². The largest absolute Gasteiger partial charge is 0.417 e. The molecule has 7 heteroatoms. The number of halogens is 3. The third kappa shape index (κ3) is 4.56. The fraction of sp³-hybridized carbons (Fsp3) is 0.0667. The molecule has 0 aliphatic heterocycles. The van der Waals surface area contributed by atoms with Crippen molar-refractivity contribution in [1.82, 2.24) is 5.43 Å². The summed E-state index contributed by atoms with van der Waals surface area (Å²) in [5.41, 5.74) is 2.45. The van der Waals surface area contributed by atoms with Gasteiger partial charge in [-0.05, 0) is 30.4 Å². The first kappa shape index (κ1) is 16.0. The molecule has 0 amide bonds. The quantitative estimate of drug-likeness (QED) is 0.509. The number of alkyl halides is 3. The lowest BCUT2D eigenvalue weighted by Crippen LogP contribution is -2.24. The van der Waals surface area contributed by atoms with E-state index in [2.05, 4.69) is 15.8 Å². The van der Waals surface area contributed by atoms with Gasteiger partial charge in [0.15, 0.2) is 5.11 Å². The minimum Gasteiger partial charge on any atom is -0.331 e. The van der Waals surface area contributed by atoms with Crippen molar-refractivity contribution in [3.05, 3.63) is 65.7 Å². The normalized spacial score (nSPS) is 11.4. The first-order valence-electron chi connectivity index (χ1n) is 6.28. The highest BCUT2D eigenvalue weighted by molar-refractivity contribution is 7.80. The maximum Gasteiger partial charge on any atom is 0.417 e. The maximum atomic E-state index is 12.8. The van der Waals surface area contributed by atoms with Crippen LogP contribution in [0.25, 0.3) is 0 Å². The second-order valence-electron chi connectivity index (χ2n) is 4.28. The number of benzene rings is 2. The smallest absolute Gasteiger partial charge is 0.331 e. The van der Waals surface area contributed by atoms with E-state index in [1.165, 1.54) is 18.2 Å². The zero-order valence-corrected chi connectivity index (χ0v) is 12.1. The zero-order valence-electron chi connectivity index (χ0n) is 11.3. The molecule has 0 aromatic heterocycles. The summed E-state index contributed by atoms with van der Waals surface area (Å²) in [7, 11) is 0. The third-order valence-corrected chi connectivity index (χ3v) is 2.86. The summed E-state index contributed by atoms with van der Waals surface area (Å²) < 4.78 is 38.4. The highest BCUT2D eigenvalue weighted by Gasteiger charge is 2.32. The van der Waals surface area contributed by atoms with Gasteiger partial charge in [-0.15, -0.1) is 0 Å². The molecule has 2 aromatic rings. The van der Waals surface area contributed by atoms with Gasteiger partial charge >= 0.3 is 6.18 Å². The van der Waals surface area contributed by atoms with E-state index in [4.69, 9.17) is 12.2 Å². The lowest BCUT2D eigenvalue weighted by Gasteiger charge is -2.09. The standard InChI is InChI=1S/C15H12F3N3S/c16-15(17,18)13-9-5-4-6-11(13)10-19-21-14(22)20-12-7-2-1-3-8-12/h1-10H,(H2,20,21,22). The predicted octanol–water partition coefficient (Wildman–Crippen LogP) is 4.03. The second kappa shape index (κ2) is 7.04. The first-order valence-corrected chi connectivity index (χ1v) is 6.69. The van der Waals surface area contributed by atoms with Crippen molar-refractivity contribution in [2.24, 2.45) is 5.10 Å². The third-order valence-electron chi connectivity index (χ3n) is 2.67. The summed E-state index contributed by atoms with van der Waals surface area (Å²) in [6.45, 7) is 0. The number of anilines is 1. The van der Waals surface area contributed by atoms with Gasteiger partial charge in [0.2, 0.25) is 0 Å². The zero-order chi connectivity index (χ0) is 16.0. The van der Waals surface area contributed by atoms with E-state index in [-0.39, 0.29) is 10.7 Å². The Bertz CT molecular complexity index is 669. The predicted molar refractivity (Wildman–Crippen MR) is 84.8 cm³/mol. The van der Waals surface area contributed by atoms with Gasteiger partial charge in [-0.2, -0.15) is 18.3 Å². The van der Waals surface area contributed by atoms with Crippen LogP contribution in [-0.2, 0) is 6.18 Å². The molecule has 0 heterocycles. The van der Waals surface area contributed by atoms with Crippen molar-refractivity contribution < 1.29 is 13.2 Å². The number of nitrogens with zero attached hydrogens (tertiary/aromatic N) is 1. The summed E-state index contributed by atoms with van der Waals surface area (Å²) in [4.78, 5) is 0. The fourth-order valence-corrected chi connectivity index (χ4v) is 1.88. The number of rotatable bonds is 3. The average Bonchev–Trinajstić information content (AvgIpc) is 2.48. The average molecular weight is 323 g/mol. The van der Waals surface area contributed by atoms with Gasteiger partial charge in [0, 0.05) is 11.3 Å². The molecular formula is C15H12F3N3S. The Morgan fingerprint density at radius 3 is 2.32 bits per heavy atom. The summed E-state index contributed by atoms with van der Waals surface area (Å²) in [6.07, 6.45) is -3.34. The van der Waals surface area contributed by atoms with E-state index in [1.54, 1.807) is 12.1 Å². The Kier molecular flexibility index (Phi) is 5.11. The highest BCUT2D eigenvalue weighted by atomic mass is 32.1. The Hall–Kier alpha value is -2.41. The van der Waals surface area contributed by atoms with Gasteiger partial charge in [-0.25, -0.2) is 0 Å². The van der Waals surface area contributed by atoms with Gasteiger partial charge in [0.1, 0.15) is 0 Å². The van der Waals surface area contributed by atoms with Crippen LogP contribution >= 0.6 is 12.2 Å². The maximum absolute atomic E-state index is 12.8. The van der Waals surface area contributed by atoms with E-state index < -0.39 is 11.7 Å². The van der Waals surface area contributed by atoms with Gasteiger partial charge in [0.05, 0.1) is 11.8 Å². The molecule has 2 rings (SSSR count). The van der Waals surface area contributed by atoms with Crippen molar-refractivity contribution in [1.29, 1.82) is 0 Å². The van der Waals surface area contributed by atoms with E-state index in [0.29, 0.717) is 0 Å². The Morgan fingerprint density at radius 2 is 1.64 bits per heavy atom. The molecule has 0 fully saturated rings. The summed E-state index contributed by atoms with van der Waals surface area (Å²) in [6, 6.07) is 14.3. The van der Waals surface area contributed by atoms with Crippen LogP contribution in [-0.4, -0.2) is 11.3 Å². The van der Waals surface area contributed by atoms with Gasteiger partial charge < -0.3 is 5.32 Å². The molecule has 0 unspecified atom stereocenters. The van der Waals surface area contributed by atoms with Crippen molar-refractivity contribution in [3.63, 3.8) is 0 Å².